The molecule has 0 spiro atoms. The molecule has 0 bridgehead atoms. The smallest absolute Gasteiger partial charge is 0.233 e. The average molecular weight is 192 g/mol. The summed E-state index contributed by atoms with van der Waals surface area (Å²) in [6.07, 6.45) is 5.65. The SMILES string of the molecule is C#CCC(NN)c1ccc(OC)nn1. The Balaban J connectivity index is 2.79. The summed E-state index contributed by atoms with van der Waals surface area (Å²) in [5.74, 6) is 8.28. The predicted molar refractivity (Wildman–Crippen MR) is 52.1 cm³/mol. The van der Waals surface area contributed by atoms with Crippen LogP contribution in [0.2, 0.25) is 0 Å². The summed E-state index contributed by atoms with van der Waals surface area (Å²) >= 11 is 0. The van der Waals surface area contributed by atoms with Gasteiger partial charge in [0.25, 0.3) is 0 Å². The van der Waals surface area contributed by atoms with Gasteiger partial charge in [0.1, 0.15) is 0 Å². The summed E-state index contributed by atoms with van der Waals surface area (Å²) in [5, 5.41) is 7.74. The van der Waals surface area contributed by atoms with Crippen molar-refractivity contribution in [2.75, 3.05) is 7.11 Å². The third-order valence-corrected chi connectivity index (χ3v) is 1.75. The van der Waals surface area contributed by atoms with E-state index in [1.807, 2.05) is 0 Å². The Hall–Kier alpha value is -1.64. The molecule has 3 N–H and O–H groups in total. The van der Waals surface area contributed by atoms with E-state index >= 15 is 0 Å². The topological polar surface area (TPSA) is 73.1 Å². The average Bonchev–Trinajstić information content (AvgIpc) is 2.26. The summed E-state index contributed by atoms with van der Waals surface area (Å²) in [7, 11) is 1.53. The van der Waals surface area contributed by atoms with Crippen molar-refractivity contribution < 1.29 is 4.74 Å². The second-order valence-electron chi connectivity index (χ2n) is 2.63. The molecule has 0 aliphatic carbocycles. The van der Waals surface area contributed by atoms with Gasteiger partial charge < -0.3 is 4.74 Å². The van der Waals surface area contributed by atoms with Crippen LogP contribution in [0, 0.1) is 12.3 Å². The zero-order chi connectivity index (χ0) is 10.4. The van der Waals surface area contributed by atoms with Crippen LogP contribution in [-0.2, 0) is 0 Å². The van der Waals surface area contributed by atoms with Gasteiger partial charge in [-0.05, 0) is 6.07 Å². The zero-order valence-electron chi connectivity index (χ0n) is 7.90. The Morgan fingerprint density at radius 1 is 1.64 bits per heavy atom. The quantitative estimate of drug-likeness (QED) is 0.399. The van der Waals surface area contributed by atoms with Crippen molar-refractivity contribution in [2.24, 2.45) is 5.84 Å². The van der Waals surface area contributed by atoms with Crippen LogP contribution in [0.4, 0.5) is 0 Å². The molecule has 1 aromatic rings. The van der Waals surface area contributed by atoms with E-state index in [9.17, 15) is 0 Å². The molecule has 1 heterocycles. The van der Waals surface area contributed by atoms with E-state index in [0.29, 0.717) is 18.0 Å². The van der Waals surface area contributed by atoms with Gasteiger partial charge in [-0.2, -0.15) is 5.10 Å². The lowest BCUT2D eigenvalue weighted by Gasteiger charge is -2.11. The van der Waals surface area contributed by atoms with Crippen molar-refractivity contribution in [3.8, 4) is 18.2 Å². The van der Waals surface area contributed by atoms with Crippen LogP contribution in [0.15, 0.2) is 12.1 Å². The molecule has 0 amide bonds. The van der Waals surface area contributed by atoms with Crippen molar-refractivity contribution >= 4 is 0 Å². The number of nitrogens with two attached hydrogens (primary N) is 1. The van der Waals surface area contributed by atoms with Gasteiger partial charge in [-0.25, -0.2) is 0 Å². The predicted octanol–water partition coefficient (Wildman–Crippen LogP) is 0.0129. The third-order valence-electron chi connectivity index (χ3n) is 1.75. The highest BCUT2D eigenvalue weighted by atomic mass is 16.5. The van der Waals surface area contributed by atoms with E-state index < -0.39 is 0 Å². The highest BCUT2D eigenvalue weighted by molar-refractivity contribution is 5.15. The molecule has 1 unspecified atom stereocenters. The fourth-order valence-corrected chi connectivity index (χ4v) is 0.992. The molecular formula is C9H12N4O. The van der Waals surface area contributed by atoms with E-state index in [1.54, 1.807) is 12.1 Å². The summed E-state index contributed by atoms with van der Waals surface area (Å²) < 4.78 is 4.88. The standard InChI is InChI=1S/C9H12N4O/c1-3-4-7(11-10)8-5-6-9(14-2)13-12-8/h1,5-7,11H,4,10H2,2H3. The number of hydrogen-bond donors (Lipinski definition) is 2. The summed E-state index contributed by atoms with van der Waals surface area (Å²) in [6.45, 7) is 0. The number of aromatic nitrogens is 2. The number of nitrogens with one attached hydrogen (secondary N) is 1. The maximum absolute atomic E-state index is 5.32. The molecule has 74 valence electrons. The van der Waals surface area contributed by atoms with E-state index in [0.717, 1.165) is 0 Å². The fraction of sp³-hybridized carbons (Fsp3) is 0.333. The van der Waals surface area contributed by atoms with Crippen LogP contribution in [0.25, 0.3) is 0 Å². The van der Waals surface area contributed by atoms with Gasteiger partial charge in [0.15, 0.2) is 0 Å². The number of terminal acetylenes is 1. The lowest BCUT2D eigenvalue weighted by molar-refractivity contribution is 0.389. The molecule has 5 nitrogen and oxygen atoms in total. The Labute approximate surface area is 82.6 Å². The van der Waals surface area contributed by atoms with Gasteiger partial charge in [-0.3, -0.25) is 11.3 Å². The first-order chi connectivity index (χ1) is 6.81. The van der Waals surface area contributed by atoms with E-state index in [-0.39, 0.29) is 6.04 Å². The van der Waals surface area contributed by atoms with Crippen LogP contribution in [-0.4, -0.2) is 17.3 Å². The normalized spacial score (nSPS) is 11.8. The molecule has 14 heavy (non-hydrogen) atoms. The Morgan fingerprint density at radius 2 is 2.43 bits per heavy atom. The molecule has 0 saturated heterocycles. The van der Waals surface area contributed by atoms with Crippen molar-refractivity contribution in [1.29, 1.82) is 0 Å². The first-order valence-electron chi connectivity index (χ1n) is 4.09. The van der Waals surface area contributed by atoms with Gasteiger partial charge >= 0.3 is 0 Å². The molecule has 1 rings (SSSR count). The van der Waals surface area contributed by atoms with Crippen LogP contribution in [0.3, 0.4) is 0 Å². The van der Waals surface area contributed by atoms with Gasteiger partial charge in [0, 0.05) is 12.5 Å². The number of hydrogen-bond acceptors (Lipinski definition) is 5. The van der Waals surface area contributed by atoms with Crippen LogP contribution in [0.1, 0.15) is 18.2 Å². The second kappa shape index (κ2) is 5.17. The molecule has 0 radical (unpaired) electrons. The summed E-state index contributed by atoms with van der Waals surface area (Å²) in [4.78, 5) is 0. The number of methoxy groups -OCH3 is 1. The number of hydrazine groups is 1. The van der Waals surface area contributed by atoms with E-state index in [4.69, 9.17) is 17.0 Å². The summed E-state index contributed by atoms with van der Waals surface area (Å²) in [5.41, 5.74) is 3.27. The van der Waals surface area contributed by atoms with Gasteiger partial charge in [0.05, 0.1) is 18.8 Å². The highest BCUT2D eigenvalue weighted by Crippen LogP contribution is 2.13. The molecule has 1 aromatic heterocycles. The molecule has 0 saturated carbocycles. The first kappa shape index (κ1) is 10.4. The molecule has 1 atom stereocenters. The molecule has 0 aliphatic heterocycles. The monoisotopic (exact) mass is 192 g/mol. The minimum absolute atomic E-state index is 0.168. The number of rotatable bonds is 4. The largest absolute Gasteiger partial charge is 0.480 e. The zero-order valence-corrected chi connectivity index (χ0v) is 7.90. The van der Waals surface area contributed by atoms with Crippen molar-refractivity contribution in [3.63, 3.8) is 0 Å². The Morgan fingerprint density at radius 3 is 2.86 bits per heavy atom. The van der Waals surface area contributed by atoms with Crippen LogP contribution in [0.5, 0.6) is 5.88 Å². The first-order valence-corrected chi connectivity index (χ1v) is 4.09. The Bertz CT molecular complexity index is 317. The minimum Gasteiger partial charge on any atom is -0.480 e. The van der Waals surface area contributed by atoms with Crippen LogP contribution < -0.4 is 16.0 Å². The maximum Gasteiger partial charge on any atom is 0.233 e. The highest BCUT2D eigenvalue weighted by Gasteiger charge is 2.09. The second-order valence-corrected chi connectivity index (χ2v) is 2.63. The van der Waals surface area contributed by atoms with Crippen molar-refractivity contribution in [3.05, 3.63) is 17.8 Å². The van der Waals surface area contributed by atoms with Gasteiger partial charge in [-0.15, -0.1) is 17.4 Å². The molecule has 0 aliphatic rings. The lowest BCUT2D eigenvalue weighted by Crippen LogP contribution is -2.28. The number of nitrogens with zero attached hydrogens (tertiary/aromatic N) is 2. The van der Waals surface area contributed by atoms with Gasteiger partial charge in [-0.1, -0.05) is 0 Å². The van der Waals surface area contributed by atoms with Crippen molar-refractivity contribution in [1.82, 2.24) is 15.6 Å². The minimum atomic E-state index is -0.168. The van der Waals surface area contributed by atoms with Gasteiger partial charge in [0.2, 0.25) is 5.88 Å². The Kier molecular flexibility index (Phi) is 3.85. The van der Waals surface area contributed by atoms with E-state index in [2.05, 4.69) is 21.5 Å². The maximum atomic E-state index is 5.32. The van der Waals surface area contributed by atoms with Crippen LogP contribution >= 0.6 is 0 Å². The van der Waals surface area contributed by atoms with Crippen molar-refractivity contribution in [2.45, 2.75) is 12.5 Å². The fourth-order valence-electron chi connectivity index (χ4n) is 0.992. The molecule has 0 aromatic carbocycles. The molecular weight excluding hydrogens is 180 g/mol. The molecule has 0 fully saturated rings. The summed E-state index contributed by atoms with van der Waals surface area (Å²) in [6, 6.07) is 3.31. The molecule has 5 heteroatoms. The third kappa shape index (κ3) is 2.42. The van der Waals surface area contributed by atoms with E-state index in [1.165, 1.54) is 7.11 Å². The number of ether oxygens (including phenoxy) is 1. The lowest BCUT2D eigenvalue weighted by atomic mass is 10.1.